The molecule has 170 valence electrons. The average molecular weight is 459 g/mol. The number of aromatic hydroxyl groups is 1. The Bertz CT molecular complexity index is 1320. The SMILES string of the molecule is O=C1NC(=O)N(c2ccc(O)cc2)C(=O)C1=Cc1cccc(OCc2ccc([N+](=O)[O-])cc2)c1. The van der Waals surface area contributed by atoms with Crippen molar-refractivity contribution in [3.63, 3.8) is 0 Å². The molecule has 0 unspecified atom stereocenters. The van der Waals surface area contributed by atoms with Crippen LogP contribution in [-0.4, -0.2) is 27.9 Å². The summed E-state index contributed by atoms with van der Waals surface area (Å²) in [7, 11) is 0. The van der Waals surface area contributed by atoms with E-state index < -0.39 is 22.8 Å². The summed E-state index contributed by atoms with van der Waals surface area (Å²) in [6.07, 6.45) is 1.34. The van der Waals surface area contributed by atoms with E-state index in [-0.39, 0.29) is 29.3 Å². The number of hydrogen-bond donors (Lipinski definition) is 2. The minimum absolute atomic E-state index is 0.0207. The molecule has 0 saturated carbocycles. The number of urea groups is 1. The standard InChI is InChI=1S/C24H17N3O7/c28-19-10-8-17(9-11-19)26-23(30)21(22(29)25-24(26)31)13-16-2-1-3-20(12-16)34-14-15-4-6-18(7-5-15)27(32)33/h1-13,28H,14H2,(H,25,29,31). The number of amides is 4. The fourth-order valence-corrected chi connectivity index (χ4v) is 3.23. The van der Waals surface area contributed by atoms with Crippen LogP contribution in [0.5, 0.6) is 11.5 Å². The molecule has 4 rings (SSSR count). The van der Waals surface area contributed by atoms with Gasteiger partial charge in [-0.2, -0.15) is 0 Å². The van der Waals surface area contributed by atoms with Crippen molar-refractivity contribution >= 4 is 35.3 Å². The molecule has 4 amide bonds. The summed E-state index contributed by atoms with van der Waals surface area (Å²) in [6.45, 7) is 0.153. The molecular weight excluding hydrogens is 442 g/mol. The number of benzene rings is 3. The number of nitro groups is 1. The summed E-state index contributed by atoms with van der Waals surface area (Å²) < 4.78 is 5.72. The molecule has 0 radical (unpaired) electrons. The van der Waals surface area contributed by atoms with Gasteiger partial charge < -0.3 is 9.84 Å². The van der Waals surface area contributed by atoms with Crippen LogP contribution in [0.3, 0.4) is 0 Å². The molecule has 0 bridgehead atoms. The number of nitrogens with one attached hydrogen (secondary N) is 1. The second-order valence-corrected chi connectivity index (χ2v) is 7.26. The molecular formula is C24H17N3O7. The number of phenols is 1. The third-order valence-electron chi connectivity index (χ3n) is 4.93. The number of ether oxygens (including phenoxy) is 1. The number of carbonyl (C=O) groups excluding carboxylic acids is 3. The van der Waals surface area contributed by atoms with Crippen LogP contribution in [0.25, 0.3) is 6.08 Å². The Labute approximate surface area is 192 Å². The maximum Gasteiger partial charge on any atom is 0.335 e. The van der Waals surface area contributed by atoms with Gasteiger partial charge in [-0.25, -0.2) is 9.69 Å². The Kier molecular flexibility index (Phi) is 6.04. The highest BCUT2D eigenvalue weighted by atomic mass is 16.6. The van der Waals surface area contributed by atoms with Crippen molar-refractivity contribution in [3.05, 3.63) is 99.6 Å². The van der Waals surface area contributed by atoms with E-state index >= 15 is 0 Å². The van der Waals surface area contributed by atoms with Gasteiger partial charge in [0, 0.05) is 12.1 Å². The number of nitro benzene ring substituents is 1. The van der Waals surface area contributed by atoms with Crippen molar-refractivity contribution < 1.29 is 29.2 Å². The molecule has 0 atom stereocenters. The fraction of sp³-hybridized carbons (Fsp3) is 0.0417. The summed E-state index contributed by atoms with van der Waals surface area (Å²) >= 11 is 0. The van der Waals surface area contributed by atoms with E-state index in [0.29, 0.717) is 11.3 Å². The van der Waals surface area contributed by atoms with Gasteiger partial charge in [0.15, 0.2) is 0 Å². The predicted molar refractivity (Wildman–Crippen MR) is 121 cm³/mol. The van der Waals surface area contributed by atoms with Gasteiger partial charge in [-0.15, -0.1) is 0 Å². The smallest absolute Gasteiger partial charge is 0.335 e. The monoisotopic (exact) mass is 459 g/mol. The number of anilines is 1. The Balaban J connectivity index is 1.53. The normalized spacial score (nSPS) is 14.8. The summed E-state index contributed by atoms with van der Waals surface area (Å²) in [5, 5.41) is 22.3. The summed E-state index contributed by atoms with van der Waals surface area (Å²) in [5.74, 6) is -1.23. The molecule has 0 aliphatic carbocycles. The number of non-ortho nitro benzene ring substituents is 1. The zero-order chi connectivity index (χ0) is 24.2. The number of imide groups is 2. The lowest BCUT2D eigenvalue weighted by Crippen LogP contribution is -2.54. The van der Waals surface area contributed by atoms with Gasteiger partial charge >= 0.3 is 6.03 Å². The number of barbiturate groups is 1. The number of carbonyl (C=O) groups is 3. The molecule has 1 aliphatic heterocycles. The van der Waals surface area contributed by atoms with Crippen molar-refractivity contribution in [2.75, 3.05) is 4.90 Å². The zero-order valence-electron chi connectivity index (χ0n) is 17.5. The summed E-state index contributed by atoms with van der Waals surface area (Å²) in [6, 6.07) is 17.1. The van der Waals surface area contributed by atoms with E-state index in [1.54, 1.807) is 36.4 Å². The van der Waals surface area contributed by atoms with Gasteiger partial charge in [0.25, 0.3) is 17.5 Å². The van der Waals surface area contributed by atoms with Gasteiger partial charge in [0.2, 0.25) is 0 Å². The van der Waals surface area contributed by atoms with Crippen LogP contribution in [-0.2, 0) is 16.2 Å². The molecule has 3 aromatic carbocycles. The first-order valence-electron chi connectivity index (χ1n) is 9.98. The molecule has 1 saturated heterocycles. The van der Waals surface area contributed by atoms with E-state index in [4.69, 9.17) is 4.74 Å². The third kappa shape index (κ3) is 4.75. The highest BCUT2D eigenvalue weighted by molar-refractivity contribution is 6.39. The number of hydrogen-bond acceptors (Lipinski definition) is 7. The van der Waals surface area contributed by atoms with Crippen LogP contribution in [0, 0.1) is 10.1 Å². The predicted octanol–water partition coefficient (Wildman–Crippen LogP) is 3.55. The molecule has 1 fully saturated rings. The Hall–Kier alpha value is -4.99. The molecule has 34 heavy (non-hydrogen) atoms. The van der Waals surface area contributed by atoms with Crippen LogP contribution >= 0.6 is 0 Å². The molecule has 0 aromatic heterocycles. The summed E-state index contributed by atoms with van der Waals surface area (Å²) in [5.41, 5.74) is 1.13. The van der Waals surface area contributed by atoms with Crippen molar-refractivity contribution in [2.24, 2.45) is 0 Å². The van der Waals surface area contributed by atoms with Gasteiger partial charge in [0.1, 0.15) is 23.7 Å². The molecule has 10 nitrogen and oxygen atoms in total. The topological polar surface area (TPSA) is 139 Å². The molecule has 1 aliphatic rings. The maximum absolute atomic E-state index is 12.9. The lowest BCUT2D eigenvalue weighted by molar-refractivity contribution is -0.384. The van der Waals surface area contributed by atoms with E-state index in [1.165, 1.54) is 42.5 Å². The zero-order valence-corrected chi connectivity index (χ0v) is 17.5. The summed E-state index contributed by atoms with van der Waals surface area (Å²) in [4.78, 5) is 48.6. The average Bonchev–Trinajstić information content (AvgIpc) is 2.82. The highest BCUT2D eigenvalue weighted by Gasteiger charge is 2.36. The minimum Gasteiger partial charge on any atom is -0.508 e. The van der Waals surface area contributed by atoms with Gasteiger partial charge in [-0.1, -0.05) is 12.1 Å². The van der Waals surface area contributed by atoms with E-state index in [0.717, 1.165) is 10.5 Å². The molecule has 0 spiro atoms. The minimum atomic E-state index is -0.891. The van der Waals surface area contributed by atoms with Crippen molar-refractivity contribution in [2.45, 2.75) is 6.61 Å². The van der Waals surface area contributed by atoms with E-state index in [9.17, 15) is 29.6 Å². The van der Waals surface area contributed by atoms with Crippen LogP contribution in [0.1, 0.15) is 11.1 Å². The second-order valence-electron chi connectivity index (χ2n) is 7.26. The third-order valence-corrected chi connectivity index (χ3v) is 4.93. The van der Waals surface area contributed by atoms with Crippen LogP contribution in [0.4, 0.5) is 16.2 Å². The van der Waals surface area contributed by atoms with E-state index in [2.05, 4.69) is 5.32 Å². The lowest BCUT2D eigenvalue weighted by Gasteiger charge is -2.26. The number of nitrogens with zero attached hydrogens (tertiary/aromatic N) is 2. The number of rotatable bonds is 6. The molecule has 1 heterocycles. The molecule has 2 N–H and O–H groups in total. The Morgan fingerprint density at radius 2 is 1.71 bits per heavy atom. The first-order chi connectivity index (χ1) is 16.3. The fourth-order valence-electron chi connectivity index (χ4n) is 3.23. The maximum atomic E-state index is 12.9. The van der Waals surface area contributed by atoms with Crippen molar-refractivity contribution in [1.82, 2.24) is 5.32 Å². The van der Waals surface area contributed by atoms with Gasteiger partial charge in [0.05, 0.1) is 10.6 Å². The first-order valence-corrected chi connectivity index (χ1v) is 9.98. The highest BCUT2D eigenvalue weighted by Crippen LogP contribution is 2.25. The Morgan fingerprint density at radius 1 is 1.00 bits per heavy atom. The first kappa shape index (κ1) is 22.2. The lowest BCUT2D eigenvalue weighted by atomic mass is 10.1. The largest absolute Gasteiger partial charge is 0.508 e. The quantitative estimate of drug-likeness (QED) is 0.249. The Morgan fingerprint density at radius 3 is 2.38 bits per heavy atom. The van der Waals surface area contributed by atoms with Gasteiger partial charge in [-0.05, 0) is 65.7 Å². The van der Waals surface area contributed by atoms with Crippen molar-refractivity contribution in [3.8, 4) is 11.5 Å². The molecule has 10 heteroatoms. The van der Waals surface area contributed by atoms with Crippen LogP contribution in [0.2, 0.25) is 0 Å². The number of phenolic OH excluding ortho intramolecular Hbond substituents is 1. The molecule has 3 aromatic rings. The van der Waals surface area contributed by atoms with Crippen molar-refractivity contribution in [1.29, 1.82) is 0 Å². The second kappa shape index (κ2) is 9.25. The van der Waals surface area contributed by atoms with Crippen LogP contribution in [0.15, 0.2) is 78.4 Å². The van der Waals surface area contributed by atoms with Gasteiger partial charge in [-0.3, -0.25) is 25.0 Å². The van der Waals surface area contributed by atoms with Crippen LogP contribution < -0.4 is 15.0 Å². The van der Waals surface area contributed by atoms with E-state index in [1.807, 2.05) is 0 Å².